The Labute approximate surface area is 504 Å². The molecule has 0 saturated carbocycles. The van der Waals surface area contributed by atoms with Gasteiger partial charge in [0.1, 0.15) is 34.5 Å². The fraction of sp³-hybridized carbons (Fsp3) is 0.255. The average Bonchev–Trinajstić information content (AvgIpc) is 2.52. The fourth-order valence-electron chi connectivity index (χ4n) is 8.01. The van der Waals surface area contributed by atoms with Crippen molar-refractivity contribution < 1.29 is 55.5 Å². The monoisotopic (exact) mass is 1250 g/mol. The van der Waals surface area contributed by atoms with Crippen molar-refractivity contribution in [3.05, 3.63) is 112 Å². The second-order valence-corrected chi connectivity index (χ2v) is 22.2. The van der Waals surface area contributed by atoms with Crippen LogP contribution in [0.2, 0.25) is 0 Å². The van der Waals surface area contributed by atoms with Gasteiger partial charge in [0.05, 0.1) is 64.5 Å². The van der Waals surface area contributed by atoms with E-state index in [9.17, 15) is 46.0 Å². The lowest BCUT2D eigenvalue weighted by atomic mass is 10.1. The highest BCUT2D eigenvalue weighted by atomic mass is 32.2. The summed E-state index contributed by atoms with van der Waals surface area (Å²) in [5.74, 6) is -3.41. The normalized spacial score (nSPS) is 11.9. The number of hydrogen-bond donors (Lipinski definition) is 6. The zero-order chi connectivity index (χ0) is 62.2. The van der Waals surface area contributed by atoms with Crippen LogP contribution in [0.25, 0.3) is 12.2 Å². The molecule has 3 heterocycles. The van der Waals surface area contributed by atoms with E-state index < -0.39 is 55.7 Å². The number of aromatic nitrogens is 5. The number of amides is 2. The van der Waals surface area contributed by atoms with Gasteiger partial charge in [-0.1, -0.05) is 46.6 Å². The van der Waals surface area contributed by atoms with Gasteiger partial charge in [-0.25, -0.2) is 18.7 Å². The van der Waals surface area contributed by atoms with Crippen LogP contribution in [0.4, 0.5) is 76.4 Å². The largest absolute Gasteiger partial charge is 0.494 e. The number of azo groups is 2. The number of thioether (sulfide) groups is 1. The Kier molecular flexibility index (Phi) is 22.3. The van der Waals surface area contributed by atoms with E-state index in [-0.39, 0.29) is 78.6 Å². The van der Waals surface area contributed by atoms with Gasteiger partial charge in [0.2, 0.25) is 27.2 Å². The molecule has 0 fully saturated rings. The van der Waals surface area contributed by atoms with Crippen LogP contribution in [-0.4, -0.2) is 119 Å². The molecule has 0 spiro atoms. The lowest BCUT2D eigenvalue weighted by Crippen LogP contribution is -2.22. The number of methoxy groups -OCH3 is 2. The summed E-state index contributed by atoms with van der Waals surface area (Å²) < 4.78 is 75.1. The molecule has 31 heteroatoms. The topological polar surface area (TPSA) is 330 Å². The minimum absolute atomic E-state index is 0.0127. The quantitative estimate of drug-likeness (QED) is 0.00662. The van der Waals surface area contributed by atoms with E-state index in [0.29, 0.717) is 71.0 Å². The highest BCUT2D eigenvalue weighted by Gasteiger charge is 2.26. The smallest absolute Gasteiger partial charge is 0.313 e. The molecular formula is C55H57F2N15O10S4. The summed E-state index contributed by atoms with van der Waals surface area (Å²) in [6, 6.07) is 16.8. The number of Topliss-reactive ketones (excluding diaryl/α,β-unsaturated/α-hetero) is 2. The molecule has 0 atom stereocenters. The molecular weight excluding hydrogens is 1200 g/mol. The number of ketones is 2. The number of carbonyl (C=O) groups excluding carboxylic acids is 4. The van der Waals surface area contributed by atoms with Crippen LogP contribution in [0.1, 0.15) is 51.3 Å². The van der Waals surface area contributed by atoms with Crippen LogP contribution < -0.4 is 40.5 Å². The van der Waals surface area contributed by atoms with E-state index in [4.69, 9.17) is 14.5 Å². The minimum atomic E-state index is -5.10. The molecule has 0 aliphatic rings. The summed E-state index contributed by atoms with van der Waals surface area (Å²) in [6.45, 7) is 12.2. The first-order valence-corrected chi connectivity index (χ1v) is 30.1. The number of rotatable bonds is 28. The Balaban J connectivity index is 1.28. The number of ether oxygens (including phenoxy) is 2. The molecule has 450 valence electrons. The Morgan fingerprint density at radius 3 is 1.60 bits per heavy atom. The van der Waals surface area contributed by atoms with Gasteiger partial charge < -0.3 is 45.6 Å². The van der Waals surface area contributed by atoms with Gasteiger partial charge >= 0.3 is 10.1 Å². The van der Waals surface area contributed by atoms with E-state index in [1.807, 2.05) is 37.5 Å². The molecule has 0 aliphatic carbocycles. The van der Waals surface area contributed by atoms with Crippen LogP contribution in [0, 0.1) is 11.6 Å². The summed E-state index contributed by atoms with van der Waals surface area (Å²) in [5.41, 5.74) is 1.56. The number of hydrogen-bond acceptors (Lipinski definition) is 25. The van der Waals surface area contributed by atoms with Crippen LogP contribution >= 0.6 is 34.4 Å². The molecule has 7 rings (SSSR count). The van der Waals surface area contributed by atoms with Gasteiger partial charge in [-0.2, -0.15) is 23.4 Å². The number of thiazole rings is 2. The number of aliphatic hydroxyl groups excluding tert-OH is 1. The van der Waals surface area contributed by atoms with Crippen molar-refractivity contribution in [2.75, 3.05) is 83.8 Å². The van der Waals surface area contributed by atoms with Crippen LogP contribution in [0.5, 0.6) is 11.5 Å². The third-order valence-corrected chi connectivity index (χ3v) is 15.5. The van der Waals surface area contributed by atoms with E-state index in [2.05, 4.69) is 61.7 Å². The molecule has 0 saturated heterocycles. The maximum atomic E-state index is 13.9. The number of anilines is 8. The predicted octanol–water partition coefficient (Wildman–Crippen LogP) is 11.6. The number of aliphatic hydroxyl groups is 1. The standard InChI is InChI=1S/C55H57F2N15O10S4/c1-9-71(10-2)43-25-39(41(27-45(43)81-7)67-69-53-58-29-36(84-53)23-37(30(5)74)48(76)59-34-17-13-15-32(56)21-34)61-51-64-52(66-54(65-51)83-20-19-73)62-40-26-44(72(11-3)12-4)46(82-8)28-42(40)68-70-55-63-50(86(78,79)80)47(85-55)24-38(31(6)75)49(77)60-35-18-14-16-33(57)22-35/h13-18,21-29,73H,9-12,19-20H2,1-8H3,(H,59,76)(H,60,77)(H,78,79,80)(H2,61,62,64,65,66)/b37-23+,38-24-,69-67+,70-68+. The third-order valence-electron chi connectivity index (χ3n) is 12.1. The van der Waals surface area contributed by atoms with Gasteiger partial charge in [-0.15, -0.1) is 20.5 Å². The fourth-order valence-corrected chi connectivity index (χ4v) is 11.0. The summed E-state index contributed by atoms with van der Waals surface area (Å²) in [7, 11) is -2.13. The van der Waals surface area contributed by atoms with Gasteiger partial charge in [-0.3, -0.25) is 23.7 Å². The third kappa shape index (κ3) is 16.9. The lowest BCUT2D eigenvalue weighted by Gasteiger charge is -2.25. The Hall–Kier alpha value is -9.01. The molecule has 3 aromatic heterocycles. The summed E-state index contributed by atoms with van der Waals surface area (Å²) in [6.07, 6.45) is 3.67. The summed E-state index contributed by atoms with van der Waals surface area (Å²) in [5, 5.41) is 37.9. The van der Waals surface area contributed by atoms with Crippen LogP contribution in [-0.2, 0) is 29.3 Å². The van der Waals surface area contributed by atoms with Crippen molar-refractivity contribution in [2.24, 2.45) is 20.5 Å². The van der Waals surface area contributed by atoms with Crippen molar-refractivity contribution >= 4 is 148 Å². The van der Waals surface area contributed by atoms with E-state index >= 15 is 0 Å². The molecule has 0 unspecified atom stereocenters. The molecule has 4 aromatic carbocycles. The SMILES string of the molecule is CCN(CC)c1cc(Nc2nc(Nc3cc(N(CC)CC)c(OC)cc3/N=N/c3nc(S(=O)(=O)O)c(/C=C(/C(C)=O)C(=O)Nc4cccc(F)c4)s3)nc(SCCO)n2)c(/N=N/c2ncc(/C=C(\C(C)=O)C(=O)Nc3cccc(F)c3)s2)cc1OC. The van der Waals surface area contributed by atoms with Crippen molar-refractivity contribution in [2.45, 2.75) is 51.7 Å². The molecule has 86 heavy (non-hydrogen) atoms. The van der Waals surface area contributed by atoms with E-state index in [1.54, 1.807) is 24.3 Å². The van der Waals surface area contributed by atoms with Gasteiger partial charge in [0.25, 0.3) is 11.8 Å². The lowest BCUT2D eigenvalue weighted by molar-refractivity contribution is -0.120. The number of carbonyl (C=O) groups is 4. The molecule has 0 aliphatic heterocycles. The Morgan fingerprint density at radius 1 is 0.674 bits per heavy atom. The van der Waals surface area contributed by atoms with Crippen molar-refractivity contribution in [3.63, 3.8) is 0 Å². The average molecular weight is 1250 g/mol. The summed E-state index contributed by atoms with van der Waals surface area (Å²) in [4.78, 5) is 78.3. The van der Waals surface area contributed by atoms with Gasteiger partial charge in [-0.05, 0) is 102 Å². The second kappa shape index (κ2) is 29.7. The number of nitrogens with zero attached hydrogens (tertiary/aromatic N) is 11. The van der Waals surface area contributed by atoms with E-state index in [0.717, 1.165) is 54.3 Å². The second-order valence-electron chi connectivity index (χ2n) is 17.8. The van der Waals surface area contributed by atoms with Crippen LogP contribution in [0.15, 0.2) is 121 Å². The number of halogens is 2. The predicted molar refractivity (Wildman–Crippen MR) is 327 cm³/mol. The highest BCUT2D eigenvalue weighted by Crippen LogP contribution is 2.43. The highest BCUT2D eigenvalue weighted by molar-refractivity contribution is 7.99. The van der Waals surface area contributed by atoms with Gasteiger partial charge in [0, 0.05) is 61.6 Å². The zero-order valence-electron chi connectivity index (χ0n) is 47.4. The van der Waals surface area contributed by atoms with Crippen molar-refractivity contribution in [3.8, 4) is 11.5 Å². The molecule has 6 N–H and O–H groups in total. The first-order chi connectivity index (χ1) is 41.2. The van der Waals surface area contributed by atoms with Crippen molar-refractivity contribution in [1.29, 1.82) is 0 Å². The first kappa shape index (κ1) is 64.5. The maximum absolute atomic E-state index is 13.9. The molecule has 2 amide bonds. The molecule has 0 radical (unpaired) electrons. The number of nitrogens with one attached hydrogen (secondary N) is 4. The van der Waals surface area contributed by atoms with Crippen LogP contribution in [0.3, 0.4) is 0 Å². The Morgan fingerprint density at radius 2 is 1.16 bits per heavy atom. The maximum Gasteiger partial charge on any atom is 0.313 e. The molecule has 25 nitrogen and oxygen atoms in total. The van der Waals surface area contributed by atoms with Gasteiger partial charge in [0.15, 0.2) is 16.7 Å². The minimum Gasteiger partial charge on any atom is -0.494 e. The van der Waals surface area contributed by atoms with Crippen molar-refractivity contribution in [1.82, 2.24) is 24.9 Å². The first-order valence-electron chi connectivity index (χ1n) is 26.0. The summed E-state index contributed by atoms with van der Waals surface area (Å²) >= 11 is 2.71. The Bertz CT molecular complexity index is 3910. The zero-order valence-corrected chi connectivity index (χ0v) is 50.6. The molecule has 0 bridgehead atoms. The molecule has 7 aromatic rings. The number of benzene rings is 4. The van der Waals surface area contributed by atoms with E-state index in [1.165, 1.54) is 63.7 Å².